The van der Waals surface area contributed by atoms with Crippen LogP contribution in [0.2, 0.25) is 0 Å². The normalized spacial score (nSPS) is 17.7. The number of rotatable bonds is 7. The first-order valence-corrected chi connectivity index (χ1v) is 11.3. The zero-order valence-corrected chi connectivity index (χ0v) is 20.1. The molecule has 1 aliphatic heterocycles. The number of thiocarbonyl (C=S) groups is 1. The summed E-state index contributed by atoms with van der Waals surface area (Å²) < 4.78 is 12.7. The number of hydrogen-bond donors (Lipinski definition) is 1. The number of carbonyl (C=O) groups excluding carboxylic acids is 1. The van der Waals surface area contributed by atoms with E-state index in [9.17, 15) is 4.79 Å². The topological polar surface area (TPSA) is 68.6 Å². The average Bonchev–Trinajstić information content (AvgIpc) is 3.29. The number of nitrogens with one attached hydrogen (secondary N) is 1. The number of methoxy groups -OCH3 is 1. The van der Waals surface area contributed by atoms with Gasteiger partial charge in [-0.15, -0.1) is 0 Å². The minimum absolute atomic E-state index is 0.0693. The molecule has 1 saturated heterocycles. The highest BCUT2D eigenvalue weighted by atomic mass is 32.1. The minimum atomic E-state index is -0.308. The van der Waals surface area contributed by atoms with E-state index >= 15 is 0 Å². The Labute approximate surface area is 199 Å². The maximum Gasteiger partial charge on any atom is 0.325 e. The highest BCUT2D eigenvalue weighted by molar-refractivity contribution is 7.80. The summed E-state index contributed by atoms with van der Waals surface area (Å²) >= 11 is 5.66. The van der Waals surface area contributed by atoms with Gasteiger partial charge >= 0.3 is 5.97 Å². The lowest BCUT2D eigenvalue weighted by molar-refractivity contribution is -0.143. The molecule has 0 radical (unpaired) electrons. The molecule has 33 heavy (non-hydrogen) atoms. The van der Waals surface area contributed by atoms with Gasteiger partial charge in [-0.3, -0.25) is 9.78 Å². The van der Waals surface area contributed by atoms with Crippen LogP contribution in [-0.4, -0.2) is 45.8 Å². The molecule has 0 spiro atoms. The second-order valence-corrected chi connectivity index (χ2v) is 8.31. The summed E-state index contributed by atoms with van der Waals surface area (Å²) in [7, 11) is 1.66. The van der Waals surface area contributed by atoms with E-state index in [2.05, 4.69) is 34.8 Å². The minimum Gasteiger partial charge on any atom is -0.497 e. The Morgan fingerprint density at radius 2 is 1.94 bits per heavy atom. The summed E-state index contributed by atoms with van der Waals surface area (Å²) in [5.41, 5.74) is 5.14. The molecular formula is C25H28N4O3S. The van der Waals surface area contributed by atoms with Crippen LogP contribution < -0.4 is 10.1 Å². The number of pyridine rings is 1. The van der Waals surface area contributed by atoms with Crippen molar-refractivity contribution in [2.24, 2.45) is 0 Å². The summed E-state index contributed by atoms with van der Waals surface area (Å²) in [6.45, 7) is 6.36. The predicted octanol–water partition coefficient (Wildman–Crippen LogP) is 4.03. The molecule has 1 fully saturated rings. The molecule has 0 aliphatic carbocycles. The zero-order chi connectivity index (χ0) is 23.5. The SMILES string of the molecule is CCOC(=O)CN1C(=S)N[C@H](c2ccccn2)[C@@H]1c1cc(C)n(-c2ccc(OC)cc2)c1C. The van der Waals surface area contributed by atoms with Crippen molar-refractivity contribution < 1.29 is 14.3 Å². The van der Waals surface area contributed by atoms with Crippen molar-refractivity contribution in [2.45, 2.75) is 32.9 Å². The lowest BCUT2D eigenvalue weighted by atomic mass is 9.97. The Morgan fingerprint density at radius 3 is 2.58 bits per heavy atom. The number of esters is 1. The maximum absolute atomic E-state index is 12.4. The zero-order valence-electron chi connectivity index (χ0n) is 19.2. The average molecular weight is 465 g/mol. The van der Waals surface area contributed by atoms with Crippen molar-refractivity contribution in [2.75, 3.05) is 20.3 Å². The lowest BCUT2D eigenvalue weighted by Gasteiger charge is -2.27. The fraction of sp³-hybridized carbons (Fsp3) is 0.320. The summed E-state index contributed by atoms with van der Waals surface area (Å²) in [5, 5.41) is 3.90. The first-order valence-electron chi connectivity index (χ1n) is 10.9. The standard InChI is InChI=1S/C25H28N4O3S/c1-5-32-22(30)15-28-24(23(27-25(28)33)21-8-6-7-13-26-21)20-14-16(2)29(17(20)3)18-9-11-19(31-4)12-10-18/h6-14,23-24H,5,15H2,1-4H3,(H,27,33)/t23-,24+/m1/s1. The van der Waals surface area contributed by atoms with Crippen molar-refractivity contribution in [3.63, 3.8) is 0 Å². The Bertz CT molecular complexity index is 1140. The van der Waals surface area contributed by atoms with Crippen LogP contribution in [0.15, 0.2) is 54.7 Å². The van der Waals surface area contributed by atoms with Gasteiger partial charge in [0, 0.05) is 23.3 Å². The molecule has 1 N–H and O–H groups in total. The molecule has 0 unspecified atom stereocenters. The van der Waals surface area contributed by atoms with Crippen LogP contribution >= 0.6 is 12.2 Å². The van der Waals surface area contributed by atoms with Gasteiger partial charge in [-0.05, 0) is 81.0 Å². The molecule has 0 amide bonds. The predicted molar refractivity (Wildman–Crippen MR) is 131 cm³/mol. The van der Waals surface area contributed by atoms with Crippen LogP contribution in [-0.2, 0) is 9.53 Å². The number of carbonyl (C=O) groups is 1. The van der Waals surface area contributed by atoms with Gasteiger partial charge in [-0.2, -0.15) is 0 Å². The summed E-state index contributed by atoms with van der Waals surface area (Å²) in [6.07, 6.45) is 1.77. The summed E-state index contributed by atoms with van der Waals surface area (Å²) in [4.78, 5) is 18.9. The van der Waals surface area contributed by atoms with Crippen LogP contribution in [0.3, 0.4) is 0 Å². The summed E-state index contributed by atoms with van der Waals surface area (Å²) in [5.74, 6) is 0.500. The molecule has 8 heteroatoms. The van der Waals surface area contributed by atoms with E-state index in [0.717, 1.165) is 34.1 Å². The quantitative estimate of drug-likeness (QED) is 0.418. The van der Waals surface area contributed by atoms with Gasteiger partial charge < -0.3 is 24.3 Å². The van der Waals surface area contributed by atoms with Gasteiger partial charge in [0.05, 0.1) is 31.5 Å². The number of aryl methyl sites for hydroxylation is 1. The highest BCUT2D eigenvalue weighted by Gasteiger charge is 2.42. The Morgan fingerprint density at radius 1 is 1.18 bits per heavy atom. The van der Waals surface area contributed by atoms with E-state index in [-0.39, 0.29) is 24.6 Å². The van der Waals surface area contributed by atoms with Crippen molar-refractivity contribution in [1.82, 2.24) is 19.8 Å². The third-order valence-electron chi connectivity index (χ3n) is 5.92. The molecule has 3 heterocycles. The van der Waals surface area contributed by atoms with Crippen molar-refractivity contribution in [1.29, 1.82) is 0 Å². The third kappa shape index (κ3) is 4.43. The van der Waals surface area contributed by atoms with E-state index < -0.39 is 0 Å². The monoisotopic (exact) mass is 464 g/mol. The molecule has 2 aromatic heterocycles. The van der Waals surface area contributed by atoms with Gasteiger partial charge in [0.2, 0.25) is 0 Å². The number of hydrogen-bond acceptors (Lipinski definition) is 5. The molecule has 7 nitrogen and oxygen atoms in total. The van der Waals surface area contributed by atoms with Gasteiger partial charge in [0.25, 0.3) is 0 Å². The third-order valence-corrected chi connectivity index (χ3v) is 6.27. The summed E-state index contributed by atoms with van der Waals surface area (Å²) in [6, 6.07) is 15.5. The lowest BCUT2D eigenvalue weighted by Crippen LogP contribution is -2.35. The molecule has 0 saturated carbocycles. The molecule has 1 aliphatic rings. The molecular weight excluding hydrogens is 436 g/mol. The van der Waals surface area contributed by atoms with Gasteiger partial charge in [-0.1, -0.05) is 6.07 Å². The number of ether oxygens (including phenoxy) is 2. The first-order chi connectivity index (χ1) is 15.9. The van der Waals surface area contributed by atoms with Crippen LogP contribution in [0.5, 0.6) is 5.75 Å². The molecule has 3 aromatic rings. The van der Waals surface area contributed by atoms with Gasteiger partial charge in [-0.25, -0.2) is 0 Å². The maximum atomic E-state index is 12.4. The largest absolute Gasteiger partial charge is 0.497 e. The second-order valence-electron chi connectivity index (χ2n) is 7.92. The number of benzene rings is 1. The van der Waals surface area contributed by atoms with Crippen LogP contribution in [0.25, 0.3) is 5.69 Å². The molecule has 2 atom stereocenters. The van der Waals surface area contributed by atoms with Crippen molar-refractivity contribution in [3.05, 3.63) is 77.4 Å². The molecule has 0 bridgehead atoms. The second kappa shape index (κ2) is 9.62. The smallest absolute Gasteiger partial charge is 0.325 e. The molecule has 1 aromatic carbocycles. The molecule has 172 valence electrons. The fourth-order valence-electron chi connectivity index (χ4n) is 4.48. The van der Waals surface area contributed by atoms with E-state index in [0.29, 0.717) is 11.7 Å². The van der Waals surface area contributed by atoms with Crippen molar-refractivity contribution in [3.8, 4) is 11.4 Å². The van der Waals surface area contributed by atoms with Crippen LogP contribution in [0.1, 0.15) is 41.7 Å². The number of nitrogens with zero attached hydrogens (tertiary/aromatic N) is 3. The highest BCUT2D eigenvalue weighted by Crippen LogP contribution is 2.41. The van der Waals surface area contributed by atoms with E-state index in [1.54, 1.807) is 20.2 Å². The molecule has 4 rings (SSSR count). The van der Waals surface area contributed by atoms with Crippen molar-refractivity contribution >= 4 is 23.3 Å². The Balaban J connectivity index is 1.79. The van der Waals surface area contributed by atoms with E-state index in [4.69, 9.17) is 21.7 Å². The van der Waals surface area contributed by atoms with Crippen LogP contribution in [0, 0.1) is 13.8 Å². The Kier molecular flexibility index (Phi) is 6.65. The Hall–Kier alpha value is -3.39. The van der Waals surface area contributed by atoms with Gasteiger partial charge in [0.15, 0.2) is 5.11 Å². The number of aromatic nitrogens is 2. The van der Waals surface area contributed by atoms with E-state index in [1.165, 1.54) is 0 Å². The van der Waals surface area contributed by atoms with Crippen LogP contribution in [0.4, 0.5) is 0 Å². The first kappa shape index (κ1) is 22.8. The fourth-order valence-corrected chi connectivity index (χ4v) is 4.78. The van der Waals surface area contributed by atoms with Gasteiger partial charge in [0.1, 0.15) is 12.3 Å². The van der Waals surface area contributed by atoms with E-state index in [1.807, 2.05) is 47.4 Å².